The van der Waals surface area contributed by atoms with Crippen LogP contribution in [0.25, 0.3) is 0 Å². The van der Waals surface area contributed by atoms with Gasteiger partial charge in [-0.05, 0) is 19.0 Å². The van der Waals surface area contributed by atoms with Gasteiger partial charge in [0, 0.05) is 18.7 Å². The lowest BCUT2D eigenvalue weighted by atomic mass is 10.3. The van der Waals surface area contributed by atoms with E-state index in [1.54, 1.807) is 6.07 Å². The Morgan fingerprint density at radius 3 is 2.89 bits per heavy atom. The predicted molar refractivity (Wildman–Crippen MR) is 71.2 cm³/mol. The van der Waals surface area contributed by atoms with E-state index in [1.807, 2.05) is 6.92 Å². The third-order valence-corrected chi connectivity index (χ3v) is 2.24. The van der Waals surface area contributed by atoms with E-state index in [0.717, 1.165) is 13.0 Å². The molecule has 0 saturated carbocycles. The van der Waals surface area contributed by atoms with Gasteiger partial charge < -0.3 is 10.1 Å². The molecule has 0 fully saturated rings. The van der Waals surface area contributed by atoms with E-state index in [0.29, 0.717) is 12.2 Å². The fraction of sp³-hybridized carbons (Fsp3) is 0.417. The number of nitro benzene ring substituents is 1. The number of carbonyl (C=O) groups excluding carboxylic acids is 1. The number of benzene rings is 1. The topological polar surface area (TPSA) is 93.5 Å². The van der Waals surface area contributed by atoms with Gasteiger partial charge in [-0.25, -0.2) is 4.79 Å². The Kier molecular flexibility index (Phi) is 6.31. The van der Waals surface area contributed by atoms with Crippen molar-refractivity contribution in [2.45, 2.75) is 13.3 Å². The van der Waals surface area contributed by atoms with Gasteiger partial charge in [-0.3, -0.25) is 15.4 Å². The van der Waals surface area contributed by atoms with Crippen LogP contribution in [0.1, 0.15) is 13.3 Å². The highest BCUT2D eigenvalue weighted by molar-refractivity contribution is 5.85. The molecule has 0 atom stereocenters. The number of nitrogens with zero attached hydrogens (tertiary/aromatic N) is 1. The maximum atomic E-state index is 11.4. The standard InChI is InChI=1S/C12H17N3O4/c1-2-6-13-7-8-19-12(16)14-10-4-3-5-11(9-10)15(17)18/h3-5,9,13H,2,6-8H2,1H3,(H,14,16). The highest BCUT2D eigenvalue weighted by atomic mass is 16.6. The van der Waals surface area contributed by atoms with Crippen molar-refractivity contribution < 1.29 is 14.5 Å². The number of nitro groups is 1. The molecule has 7 nitrogen and oxygen atoms in total. The van der Waals surface area contributed by atoms with Crippen molar-refractivity contribution in [1.29, 1.82) is 0 Å². The number of hydrogen-bond donors (Lipinski definition) is 2. The molecule has 0 bridgehead atoms. The summed E-state index contributed by atoms with van der Waals surface area (Å²) >= 11 is 0. The van der Waals surface area contributed by atoms with Gasteiger partial charge in [-0.15, -0.1) is 0 Å². The zero-order valence-electron chi connectivity index (χ0n) is 10.7. The van der Waals surface area contributed by atoms with Crippen LogP contribution < -0.4 is 10.6 Å². The normalized spacial score (nSPS) is 9.95. The van der Waals surface area contributed by atoms with E-state index >= 15 is 0 Å². The van der Waals surface area contributed by atoms with Crippen LogP contribution in [0, 0.1) is 10.1 Å². The van der Waals surface area contributed by atoms with Crippen LogP contribution in [0.4, 0.5) is 16.2 Å². The summed E-state index contributed by atoms with van der Waals surface area (Å²) in [6, 6.07) is 5.68. The number of non-ortho nitro benzene ring substituents is 1. The van der Waals surface area contributed by atoms with E-state index in [2.05, 4.69) is 10.6 Å². The highest BCUT2D eigenvalue weighted by Crippen LogP contribution is 2.16. The Labute approximate surface area is 111 Å². The lowest BCUT2D eigenvalue weighted by molar-refractivity contribution is -0.384. The van der Waals surface area contributed by atoms with Gasteiger partial charge in [0.2, 0.25) is 0 Å². The summed E-state index contributed by atoms with van der Waals surface area (Å²) in [5, 5.41) is 16.1. The number of amides is 1. The summed E-state index contributed by atoms with van der Waals surface area (Å²) < 4.78 is 4.91. The molecule has 2 N–H and O–H groups in total. The van der Waals surface area contributed by atoms with Gasteiger partial charge in [0.25, 0.3) is 5.69 Å². The number of anilines is 1. The molecule has 0 aromatic heterocycles. The van der Waals surface area contributed by atoms with Crippen LogP contribution in [0.2, 0.25) is 0 Å². The quantitative estimate of drug-likeness (QED) is 0.448. The number of rotatable bonds is 7. The minimum atomic E-state index is -0.626. The van der Waals surface area contributed by atoms with Crippen molar-refractivity contribution in [1.82, 2.24) is 5.32 Å². The molecule has 0 aliphatic heterocycles. The van der Waals surface area contributed by atoms with Crippen molar-refractivity contribution in [3.05, 3.63) is 34.4 Å². The van der Waals surface area contributed by atoms with Crippen LogP contribution in [-0.2, 0) is 4.74 Å². The van der Waals surface area contributed by atoms with Crippen molar-refractivity contribution in [3.8, 4) is 0 Å². The Bertz CT molecular complexity index is 437. The van der Waals surface area contributed by atoms with Crippen LogP contribution in [0.3, 0.4) is 0 Å². The van der Waals surface area contributed by atoms with E-state index in [-0.39, 0.29) is 12.3 Å². The zero-order valence-corrected chi connectivity index (χ0v) is 10.7. The molecule has 0 unspecified atom stereocenters. The molecular formula is C12H17N3O4. The minimum Gasteiger partial charge on any atom is -0.448 e. The molecule has 0 heterocycles. The summed E-state index contributed by atoms with van der Waals surface area (Å²) in [4.78, 5) is 21.4. The summed E-state index contributed by atoms with van der Waals surface area (Å²) in [7, 11) is 0. The molecule has 0 aliphatic carbocycles. The first-order valence-corrected chi connectivity index (χ1v) is 6.02. The number of carbonyl (C=O) groups is 1. The fourth-order valence-electron chi connectivity index (χ4n) is 1.37. The molecule has 1 aromatic rings. The molecule has 0 aliphatic rings. The van der Waals surface area contributed by atoms with E-state index < -0.39 is 11.0 Å². The second-order valence-corrected chi connectivity index (χ2v) is 3.82. The maximum absolute atomic E-state index is 11.4. The Morgan fingerprint density at radius 1 is 1.42 bits per heavy atom. The molecule has 104 valence electrons. The highest BCUT2D eigenvalue weighted by Gasteiger charge is 2.08. The lowest BCUT2D eigenvalue weighted by Gasteiger charge is -2.07. The SMILES string of the molecule is CCCNCCOC(=O)Nc1cccc([N+](=O)[O-])c1. The third kappa shape index (κ3) is 5.82. The van der Waals surface area contributed by atoms with Gasteiger partial charge in [-0.2, -0.15) is 0 Å². The summed E-state index contributed by atoms with van der Waals surface area (Å²) in [5.74, 6) is 0. The molecule has 7 heteroatoms. The summed E-state index contributed by atoms with van der Waals surface area (Å²) in [5.41, 5.74) is 0.253. The van der Waals surface area contributed by atoms with Crippen molar-refractivity contribution >= 4 is 17.5 Å². The van der Waals surface area contributed by atoms with E-state index in [1.165, 1.54) is 18.2 Å². The largest absolute Gasteiger partial charge is 0.448 e. The predicted octanol–water partition coefficient (Wildman–Crippen LogP) is 2.14. The Hall–Kier alpha value is -2.15. The summed E-state index contributed by atoms with van der Waals surface area (Å²) in [6.07, 6.45) is 0.388. The zero-order chi connectivity index (χ0) is 14.1. The van der Waals surface area contributed by atoms with Crippen molar-refractivity contribution in [3.63, 3.8) is 0 Å². The van der Waals surface area contributed by atoms with Gasteiger partial charge in [-0.1, -0.05) is 13.0 Å². The number of nitrogens with one attached hydrogen (secondary N) is 2. The van der Waals surface area contributed by atoms with E-state index in [4.69, 9.17) is 4.74 Å². The monoisotopic (exact) mass is 267 g/mol. The van der Waals surface area contributed by atoms with Crippen molar-refractivity contribution in [2.24, 2.45) is 0 Å². The van der Waals surface area contributed by atoms with Crippen molar-refractivity contribution in [2.75, 3.05) is 25.0 Å². The molecular weight excluding hydrogens is 250 g/mol. The van der Waals surface area contributed by atoms with Crippen LogP contribution in [-0.4, -0.2) is 30.7 Å². The molecule has 1 amide bonds. The van der Waals surface area contributed by atoms with Crippen LogP contribution in [0.5, 0.6) is 0 Å². The average Bonchev–Trinajstić information content (AvgIpc) is 2.38. The maximum Gasteiger partial charge on any atom is 0.411 e. The van der Waals surface area contributed by atoms with Gasteiger partial charge in [0.15, 0.2) is 0 Å². The molecule has 19 heavy (non-hydrogen) atoms. The smallest absolute Gasteiger partial charge is 0.411 e. The Balaban J connectivity index is 2.35. The lowest BCUT2D eigenvalue weighted by Crippen LogP contribution is -2.23. The number of hydrogen-bond acceptors (Lipinski definition) is 5. The van der Waals surface area contributed by atoms with Gasteiger partial charge >= 0.3 is 6.09 Å². The fourth-order valence-corrected chi connectivity index (χ4v) is 1.37. The summed E-state index contributed by atoms with van der Waals surface area (Å²) in [6.45, 7) is 3.75. The van der Waals surface area contributed by atoms with Gasteiger partial charge in [0.1, 0.15) is 6.61 Å². The first-order valence-electron chi connectivity index (χ1n) is 6.02. The molecule has 0 radical (unpaired) electrons. The second kappa shape index (κ2) is 8.04. The molecule has 0 saturated heterocycles. The molecule has 1 rings (SSSR count). The Morgan fingerprint density at radius 2 is 2.21 bits per heavy atom. The van der Waals surface area contributed by atoms with Crippen LogP contribution >= 0.6 is 0 Å². The van der Waals surface area contributed by atoms with Crippen LogP contribution in [0.15, 0.2) is 24.3 Å². The average molecular weight is 267 g/mol. The molecule has 0 spiro atoms. The number of ether oxygens (including phenoxy) is 1. The molecule has 1 aromatic carbocycles. The van der Waals surface area contributed by atoms with Gasteiger partial charge in [0.05, 0.1) is 10.6 Å². The third-order valence-electron chi connectivity index (χ3n) is 2.24. The first-order chi connectivity index (χ1) is 9.13. The first kappa shape index (κ1) is 14.9. The second-order valence-electron chi connectivity index (χ2n) is 3.82. The minimum absolute atomic E-state index is 0.0811. The van der Waals surface area contributed by atoms with E-state index in [9.17, 15) is 14.9 Å².